The summed E-state index contributed by atoms with van der Waals surface area (Å²) < 4.78 is 11.2. The first kappa shape index (κ1) is 14.4. The van der Waals surface area contributed by atoms with Crippen molar-refractivity contribution in [2.24, 2.45) is 0 Å². The zero-order valence-corrected chi connectivity index (χ0v) is 13.0. The van der Waals surface area contributed by atoms with E-state index in [4.69, 9.17) is 32.7 Å². The van der Waals surface area contributed by atoms with E-state index < -0.39 is 0 Å². The van der Waals surface area contributed by atoms with Crippen molar-refractivity contribution < 1.29 is 9.47 Å². The van der Waals surface area contributed by atoms with Gasteiger partial charge in [0.1, 0.15) is 18.1 Å². The number of halogens is 2. The van der Waals surface area contributed by atoms with Crippen molar-refractivity contribution in [3.8, 4) is 11.5 Å². The monoisotopic (exact) mass is 323 g/mol. The molecule has 3 rings (SSSR count). The number of hydrogen-bond donors (Lipinski definition) is 1. The van der Waals surface area contributed by atoms with Gasteiger partial charge < -0.3 is 14.8 Å². The van der Waals surface area contributed by atoms with Gasteiger partial charge >= 0.3 is 0 Å². The second-order valence-corrected chi connectivity index (χ2v) is 5.61. The average Bonchev–Trinajstić information content (AvgIpc) is 2.49. The topological polar surface area (TPSA) is 30.5 Å². The van der Waals surface area contributed by atoms with Crippen LogP contribution in [-0.2, 0) is 0 Å². The minimum Gasteiger partial charge on any atom is -0.492 e. The van der Waals surface area contributed by atoms with Gasteiger partial charge in [-0.3, -0.25) is 0 Å². The summed E-state index contributed by atoms with van der Waals surface area (Å²) >= 11 is 12.2. The maximum absolute atomic E-state index is 6.24. The number of ether oxygens (including phenoxy) is 2. The molecule has 0 saturated carbocycles. The molecule has 110 valence electrons. The Hall–Kier alpha value is -1.58. The molecule has 0 amide bonds. The summed E-state index contributed by atoms with van der Waals surface area (Å²) in [6.07, 6.45) is 0. The molecule has 21 heavy (non-hydrogen) atoms. The van der Waals surface area contributed by atoms with Gasteiger partial charge in [0.25, 0.3) is 0 Å². The van der Waals surface area contributed by atoms with Crippen LogP contribution >= 0.6 is 23.2 Å². The predicted molar refractivity (Wildman–Crippen MR) is 85.9 cm³/mol. The Morgan fingerprint density at radius 2 is 2.10 bits per heavy atom. The van der Waals surface area contributed by atoms with Crippen molar-refractivity contribution in [1.82, 2.24) is 0 Å². The molecule has 0 spiro atoms. The summed E-state index contributed by atoms with van der Waals surface area (Å²) in [5.41, 5.74) is 1.99. The summed E-state index contributed by atoms with van der Waals surface area (Å²) in [5.74, 6) is 1.47. The molecule has 1 atom stereocenters. The van der Waals surface area contributed by atoms with E-state index in [-0.39, 0.29) is 6.04 Å². The molecule has 1 N–H and O–H groups in total. The van der Waals surface area contributed by atoms with Gasteiger partial charge in [-0.2, -0.15) is 0 Å². The molecule has 0 unspecified atom stereocenters. The number of hydrogen-bond acceptors (Lipinski definition) is 3. The first-order valence-electron chi connectivity index (χ1n) is 6.78. The lowest BCUT2D eigenvalue weighted by molar-refractivity contribution is 0.286. The lowest BCUT2D eigenvalue weighted by Gasteiger charge is -2.28. The minimum atomic E-state index is 0.0480. The number of rotatable bonds is 3. The highest BCUT2D eigenvalue weighted by Crippen LogP contribution is 2.37. The third-order valence-corrected chi connectivity index (χ3v) is 3.87. The maximum atomic E-state index is 6.24. The molecule has 0 bridgehead atoms. The summed E-state index contributed by atoms with van der Waals surface area (Å²) in [4.78, 5) is 0. The van der Waals surface area contributed by atoms with Gasteiger partial charge in [-0.1, -0.05) is 29.3 Å². The van der Waals surface area contributed by atoms with Gasteiger partial charge in [0.15, 0.2) is 0 Å². The molecule has 2 aromatic carbocycles. The van der Waals surface area contributed by atoms with Crippen molar-refractivity contribution in [3.63, 3.8) is 0 Å². The van der Waals surface area contributed by atoms with E-state index in [0.717, 1.165) is 17.0 Å². The zero-order chi connectivity index (χ0) is 14.8. The Bertz CT molecular complexity index is 661. The number of fused-ring (bicyclic) bond motifs is 1. The van der Waals surface area contributed by atoms with Crippen LogP contribution in [0.1, 0.15) is 18.5 Å². The summed E-state index contributed by atoms with van der Waals surface area (Å²) in [6.45, 7) is 3.05. The van der Waals surface area contributed by atoms with E-state index in [0.29, 0.717) is 29.0 Å². The van der Waals surface area contributed by atoms with Crippen molar-refractivity contribution in [2.45, 2.75) is 13.0 Å². The Balaban J connectivity index is 1.82. The summed E-state index contributed by atoms with van der Waals surface area (Å²) in [6, 6.07) is 11.4. The quantitative estimate of drug-likeness (QED) is 0.868. The zero-order valence-electron chi connectivity index (χ0n) is 11.5. The van der Waals surface area contributed by atoms with Gasteiger partial charge in [-0.25, -0.2) is 0 Å². The van der Waals surface area contributed by atoms with Crippen LogP contribution in [0.25, 0.3) is 0 Å². The molecule has 1 aliphatic heterocycles. The van der Waals surface area contributed by atoms with Gasteiger partial charge in [0, 0.05) is 11.1 Å². The van der Waals surface area contributed by atoms with Crippen LogP contribution in [0.2, 0.25) is 10.0 Å². The SMILES string of the molecule is CCOc1ccc([C@@H]2COc3cc(Cl)ccc3N2)cc1Cl. The highest BCUT2D eigenvalue weighted by Gasteiger charge is 2.21. The van der Waals surface area contributed by atoms with Crippen LogP contribution in [0.5, 0.6) is 11.5 Å². The molecule has 1 heterocycles. The molecule has 2 aromatic rings. The third-order valence-electron chi connectivity index (χ3n) is 3.34. The fraction of sp³-hybridized carbons (Fsp3) is 0.250. The molecule has 3 nitrogen and oxygen atoms in total. The third kappa shape index (κ3) is 3.04. The molecular weight excluding hydrogens is 309 g/mol. The number of benzene rings is 2. The van der Waals surface area contributed by atoms with Gasteiger partial charge in [0.05, 0.1) is 23.4 Å². The molecular formula is C16H15Cl2NO2. The lowest BCUT2D eigenvalue weighted by atomic mass is 10.1. The van der Waals surface area contributed by atoms with Crippen LogP contribution in [0.3, 0.4) is 0 Å². The number of anilines is 1. The van der Waals surface area contributed by atoms with Crippen LogP contribution in [0.15, 0.2) is 36.4 Å². The maximum Gasteiger partial charge on any atom is 0.144 e. The molecule has 1 aliphatic rings. The smallest absolute Gasteiger partial charge is 0.144 e. The largest absolute Gasteiger partial charge is 0.492 e. The molecule has 0 radical (unpaired) electrons. The number of nitrogens with one attached hydrogen (secondary N) is 1. The van der Waals surface area contributed by atoms with Crippen molar-refractivity contribution in [1.29, 1.82) is 0 Å². The highest BCUT2D eigenvalue weighted by atomic mass is 35.5. The Kier molecular flexibility index (Phi) is 4.13. The van der Waals surface area contributed by atoms with Crippen LogP contribution in [0.4, 0.5) is 5.69 Å². The molecule has 0 fully saturated rings. The van der Waals surface area contributed by atoms with Gasteiger partial charge in [0.2, 0.25) is 0 Å². The highest BCUT2D eigenvalue weighted by molar-refractivity contribution is 6.32. The van der Waals surface area contributed by atoms with Crippen molar-refractivity contribution in [2.75, 3.05) is 18.5 Å². The predicted octanol–water partition coefficient (Wildman–Crippen LogP) is 4.94. The molecule has 0 aliphatic carbocycles. The fourth-order valence-corrected chi connectivity index (χ4v) is 2.73. The summed E-state index contributed by atoms with van der Waals surface area (Å²) in [7, 11) is 0. The van der Waals surface area contributed by atoms with E-state index in [9.17, 15) is 0 Å². The summed E-state index contributed by atoms with van der Waals surface area (Å²) in [5, 5.41) is 4.71. The van der Waals surface area contributed by atoms with Crippen LogP contribution < -0.4 is 14.8 Å². The fourth-order valence-electron chi connectivity index (χ4n) is 2.32. The minimum absolute atomic E-state index is 0.0480. The van der Waals surface area contributed by atoms with Crippen molar-refractivity contribution in [3.05, 3.63) is 52.0 Å². The second-order valence-electron chi connectivity index (χ2n) is 4.77. The first-order valence-corrected chi connectivity index (χ1v) is 7.54. The Morgan fingerprint density at radius 3 is 2.86 bits per heavy atom. The van der Waals surface area contributed by atoms with Crippen LogP contribution in [0, 0.1) is 0 Å². The van der Waals surface area contributed by atoms with Gasteiger partial charge in [-0.15, -0.1) is 0 Å². The van der Waals surface area contributed by atoms with E-state index >= 15 is 0 Å². The van der Waals surface area contributed by atoms with Gasteiger partial charge in [-0.05, 0) is 36.8 Å². The standard InChI is InChI=1S/C16H15Cl2NO2/c1-2-20-15-6-3-10(7-12(15)18)14-9-21-16-8-11(17)4-5-13(16)19-14/h3-8,14,19H,2,9H2,1H3/t14-/m0/s1. The average molecular weight is 324 g/mol. The first-order chi connectivity index (χ1) is 10.2. The second kappa shape index (κ2) is 6.04. The van der Waals surface area contributed by atoms with E-state index in [2.05, 4.69) is 5.32 Å². The molecule has 0 aromatic heterocycles. The molecule has 0 saturated heterocycles. The van der Waals surface area contributed by atoms with E-state index in [1.54, 1.807) is 0 Å². The Morgan fingerprint density at radius 1 is 1.24 bits per heavy atom. The van der Waals surface area contributed by atoms with E-state index in [1.807, 2.05) is 43.3 Å². The van der Waals surface area contributed by atoms with Crippen LogP contribution in [-0.4, -0.2) is 13.2 Å². The van der Waals surface area contributed by atoms with Crippen molar-refractivity contribution >= 4 is 28.9 Å². The Labute approximate surface area is 133 Å². The van der Waals surface area contributed by atoms with E-state index in [1.165, 1.54) is 0 Å². The normalized spacial score (nSPS) is 16.6. The lowest BCUT2D eigenvalue weighted by Crippen LogP contribution is -2.23. The molecule has 5 heteroatoms.